The highest BCUT2D eigenvalue weighted by Crippen LogP contribution is 2.13. The molecule has 0 aliphatic heterocycles. The third-order valence-electron chi connectivity index (χ3n) is 1.23. The fourth-order valence-electron chi connectivity index (χ4n) is 0.814. The van der Waals surface area contributed by atoms with Crippen LogP contribution in [0.2, 0.25) is 0 Å². The second kappa shape index (κ2) is 3.39. The summed E-state index contributed by atoms with van der Waals surface area (Å²) in [5.74, 6) is 0.623. The van der Waals surface area contributed by atoms with Crippen LogP contribution in [0.3, 0.4) is 0 Å². The molecule has 0 bridgehead atoms. The Morgan fingerprint density at radius 3 is 2.80 bits per heavy atom. The molecular formula is C7H10O3. The maximum Gasteiger partial charge on any atom is 0.310 e. The second-order valence-corrected chi connectivity index (χ2v) is 2.04. The molecule has 0 spiro atoms. The van der Waals surface area contributed by atoms with Crippen LogP contribution in [0, 0.1) is 0 Å². The lowest BCUT2D eigenvalue weighted by molar-refractivity contribution is -0.213. The van der Waals surface area contributed by atoms with Gasteiger partial charge in [0.2, 0.25) is 0 Å². The monoisotopic (exact) mass is 142 g/mol. The van der Waals surface area contributed by atoms with Crippen LogP contribution in [0.15, 0.2) is 24.0 Å². The summed E-state index contributed by atoms with van der Waals surface area (Å²) in [7, 11) is 0. The van der Waals surface area contributed by atoms with Crippen LogP contribution in [0.25, 0.3) is 0 Å². The van der Waals surface area contributed by atoms with Gasteiger partial charge in [-0.05, 0) is 12.5 Å². The first-order chi connectivity index (χ1) is 4.79. The van der Waals surface area contributed by atoms with Crippen LogP contribution < -0.4 is 0 Å². The van der Waals surface area contributed by atoms with E-state index in [2.05, 4.69) is 4.74 Å². The van der Waals surface area contributed by atoms with Gasteiger partial charge in [-0.1, -0.05) is 12.2 Å². The summed E-state index contributed by atoms with van der Waals surface area (Å²) in [6, 6.07) is 0. The van der Waals surface area contributed by atoms with Crippen molar-refractivity contribution in [1.82, 2.24) is 0 Å². The highest BCUT2D eigenvalue weighted by atomic mass is 16.7. The second-order valence-electron chi connectivity index (χ2n) is 2.04. The van der Waals surface area contributed by atoms with Gasteiger partial charge in [0.15, 0.2) is 0 Å². The first kappa shape index (κ1) is 7.31. The molecule has 0 fully saturated rings. The smallest absolute Gasteiger partial charge is 0.310 e. The number of allylic oxidation sites excluding steroid dienone is 4. The third-order valence-corrected chi connectivity index (χ3v) is 1.23. The van der Waals surface area contributed by atoms with E-state index >= 15 is 0 Å². The van der Waals surface area contributed by atoms with Gasteiger partial charge in [0.05, 0.1) is 0 Å². The fraction of sp³-hybridized carbons (Fsp3) is 0.429. The molecule has 1 rings (SSSR count). The zero-order valence-electron chi connectivity index (χ0n) is 5.53. The SMILES string of the molecule is OC(O)OC1=CC=CCC1. The molecule has 1 aliphatic rings. The summed E-state index contributed by atoms with van der Waals surface area (Å²) >= 11 is 0. The van der Waals surface area contributed by atoms with Gasteiger partial charge < -0.3 is 14.9 Å². The molecule has 0 saturated heterocycles. The van der Waals surface area contributed by atoms with Crippen LogP contribution in [-0.4, -0.2) is 16.7 Å². The number of ether oxygens (including phenoxy) is 1. The fourth-order valence-corrected chi connectivity index (χ4v) is 0.814. The lowest BCUT2D eigenvalue weighted by Gasteiger charge is -2.11. The Hall–Kier alpha value is -0.800. The zero-order chi connectivity index (χ0) is 7.40. The summed E-state index contributed by atoms with van der Waals surface area (Å²) in [4.78, 5) is 0. The number of aliphatic hydroxyl groups is 2. The molecule has 3 nitrogen and oxygen atoms in total. The van der Waals surface area contributed by atoms with Gasteiger partial charge in [-0.15, -0.1) is 0 Å². The van der Waals surface area contributed by atoms with E-state index in [1.807, 2.05) is 12.2 Å². The van der Waals surface area contributed by atoms with Gasteiger partial charge in [-0.2, -0.15) is 0 Å². The zero-order valence-corrected chi connectivity index (χ0v) is 5.53. The summed E-state index contributed by atoms with van der Waals surface area (Å²) in [6.45, 7) is -1.68. The molecule has 3 heteroatoms. The molecule has 0 atom stereocenters. The predicted octanol–water partition coefficient (Wildman–Crippen LogP) is 0.505. The van der Waals surface area contributed by atoms with E-state index in [9.17, 15) is 0 Å². The van der Waals surface area contributed by atoms with Crippen molar-refractivity contribution in [3.63, 3.8) is 0 Å². The van der Waals surface area contributed by atoms with Gasteiger partial charge in [-0.3, -0.25) is 0 Å². The lowest BCUT2D eigenvalue weighted by Crippen LogP contribution is -2.10. The predicted molar refractivity (Wildman–Crippen MR) is 35.8 cm³/mol. The lowest BCUT2D eigenvalue weighted by atomic mass is 10.2. The molecular weight excluding hydrogens is 132 g/mol. The maximum atomic E-state index is 8.37. The van der Waals surface area contributed by atoms with Crippen LogP contribution in [0.4, 0.5) is 0 Å². The molecule has 0 saturated carbocycles. The minimum atomic E-state index is -1.68. The molecule has 0 heterocycles. The molecule has 10 heavy (non-hydrogen) atoms. The molecule has 0 amide bonds. The van der Waals surface area contributed by atoms with Gasteiger partial charge in [0, 0.05) is 6.42 Å². The standard InChI is InChI=1S/C7H10O3/c8-7(9)10-6-4-2-1-3-5-6/h1-2,4,7-9H,3,5H2. The first-order valence-corrected chi connectivity index (χ1v) is 3.17. The Kier molecular flexibility index (Phi) is 2.48. The topological polar surface area (TPSA) is 49.7 Å². The highest BCUT2D eigenvalue weighted by Gasteiger charge is 2.03. The van der Waals surface area contributed by atoms with E-state index in [1.54, 1.807) is 6.08 Å². The number of aliphatic hydroxyl groups excluding tert-OH is 1. The van der Waals surface area contributed by atoms with Crippen molar-refractivity contribution < 1.29 is 14.9 Å². The van der Waals surface area contributed by atoms with Crippen molar-refractivity contribution in [2.24, 2.45) is 0 Å². The largest absolute Gasteiger partial charge is 0.446 e. The third kappa shape index (κ3) is 2.21. The van der Waals surface area contributed by atoms with Gasteiger partial charge in [0.25, 0.3) is 0 Å². The Labute approximate surface area is 59.2 Å². The van der Waals surface area contributed by atoms with E-state index in [-0.39, 0.29) is 0 Å². The molecule has 56 valence electrons. The van der Waals surface area contributed by atoms with Crippen molar-refractivity contribution >= 4 is 0 Å². The summed E-state index contributed by atoms with van der Waals surface area (Å²) in [5.41, 5.74) is 0. The molecule has 0 aromatic heterocycles. The van der Waals surface area contributed by atoms with Gasteiger partial charge in [-0.25, -0.2) is 0 Å². The summed E-state index contributed by atoms with van der Waals surface area (Å²) in [6.07, 6.45) is 7.20. The molecule has 0 unspecified atom stereocenters. The van der Waals surface area contributed by atoms with E-state index in [0.29, 0.717) is 5.76 Å². The summed E-state index contributed by atoms with van der Waals surface area (Å²) < 4.78 is 4.61. The van der Waals surface area contributed by atoms with E-state index < -0.39 is 6.48 Å². The average Bonchev–Trinajstić information content (AvgIpc) is 1.88. The number of hydrogen-bond donors (Lipinski definition) is 2. The molecule has 1 aliphatic carbocycles. The molecule has 0 aromatic carbocycles. The molecule has 0 aromatic rings. The van der Waals surface area contributed by atoms with Crippen molar-refractivity contribution in [2.45, 2.75) is 19.3 Å². The van der Waals surface area contributed by atoms with Crippen LogP contribution >= 0.6 is 0 Å². The number of rotatable bonds is 2. The Morgan fingerprint density at radius 2 is 2.30 bits per heavy atom. The van der Waals surface area contributed by atoms with E-state index in [0.717, 1.165) is 12.8 Å². The van der Waals surface area contributed by atoms with Crippen molar-refractivity contribution in [2.75, 3.05) is 0 Å². The first-order valence-electron chi connectivity index (χ1n) is 3.17. The van der Waals surface area contributed by atoms with Crippen LogP contribution in [0.5, 0.6) is 0 Å². The Bertz CT molecular complexity index is 158. The highest BCUT2D eigenvalue weighted by molar-refractivity contribution is 5.12. The van der Waals surface area contributed by atoms with Gasteiger partial charge in [0.1, 0.15) is 5.76 Å². The van der Waals surface area contributed by atoms with E-state index in [4.69, 9.17) is 10.2 Å². The average molecular weight is 142 g/mol. The minimum Gasteiger partial charge on any atom is -0.446 e. The maximum absolute atomic E-state index is 8.37. The van der Waals surface area contributed by atoms with Crippen molar-refractivity contribution in [3.05, 3.63) is 24.0 Å². The Morgan fingerprint density at radius 1 is 1.50 bits per heavy atom. The quantitative estimate of drug-likeness (QED) is 0.552. The number of hydrogen-bond acceptors (Lipinski definition) is 3. The summed E-state index contributed by atoms with van der Waals surface area (Å²) in [5, 5.41) is 16.7. The normalized spacial score (nSPS) is 17.3. The van der Waals surface area contributed by atoms with Crippen molar-refractivity contribution in [1.29, 1.82) is 0 Å². The van der Waals surface area contributed by atoms with Crippen molar-refractivity contribution in [3.8, 4) is 0 Å². The Balaban J connectivity index is 2.39. The van der Waals surface area contributed by atoms with Gasteiger partial charge >= 0.3 is 6.48 Å². The molecule has 2 N–H and O–H groups in total. The molecule has 0 radical (unpaired) electrons. The van der Waals surface area contributed by atoms with Crippen LogP contribution in [0.1, 0.15) is 12.8 Å². The minimum absolute atomic E-state index is 0.623. The van der Waals surface area contributed by atoms with E-state index in [1.165, 1.54) is 0 Å². The van der Waals surface area contributed by atoms with Crippen LogP contribution in [-0.2, 0) is 4.74 Å².